The summed E-state index contributed by atoms with van der Waals surface area (Å²) in [5.74, 6) is 0. The molecule has 3 nitrogen and oxygen atoms in total. The van der Waals surface area contributed by atoms with Gasteiger partial charge in [-0.3, -0.25) is 5.10 Å². The van der Waals surface area contributed by atoms with E-state index in [0.717, 1.165) is 12.2 Å². The molecular formula is C5H8N3-. The van der Waals surface area contributed by atoms with Crippen molar-refractivity contribution in [2.24, 2.45) is 0 Å². The summed E-state index contributed by atoms with van der Waals surface area (Å²) in [6.45, 7) is 0.736. The number of aromatic amines is 1. The van der Waals surface area contributed by atoms with E-state index in [-0.39, 0.29) is 0 Å². The van der Waals surface area contributed by atoms with Crippen LogP contribution in [0.1, 0.15) is 5.69 Å². The number of nitrogens with one attached hydrogen (secondary N) is 1. The molecule has 1 heterocycles. The third-order valence-corrected chi connectivity index (χ3v) is 0.887. The molecule has 0 bridgehead atoms. The van der Waals surface area contributed by atoms with E-state index in [0.29, 0.717) is 0 Å². The van der Waals surface area contributed by atoms with Gasteiger partial charge in [-0.2, -0.15) is 12.1 Å². The normalized spacial score (nSPS) is 9.62. The minimum absolute atomic E-state index is 0.736. The highest BCUT2D eigenvalue weighted by molar-refractivity contribution is 5.01. The Bertz CT molecular complexity index is 133. The molecule has 8 heavy (non-hydrogen) atoms. The topological polar surface area (TPSA) is 42.8 Å². The molecule has 0 saturated carbocycles. The second-order valence-electron chi connectivity index (χ2n) is 1.56. The zero-order valence-electron chi connectivity index (χ0n) is 4.76. The van der Waals surface area contributed by atoms with Gasteiger partial charge in [0.05, 0.1) is 0 Å². The molecule has 0 aromatic carbocycles. The molecule has 0 fully saturated rings. The van der Waals surface area contributed by atoms with Gasteiger partial charge in [0.15, 0.2) is 0 Å². The lowest BCUT2D eigenvalue weighted by Crippen LogP contribution is -1.80. The highest BCUT2D eigenvalue weighted by Gasteiger charge is 1.79. The standard InChI is InChI=1S/C5H8N3/c1-6-4-5-2-3-7-8-5/h2-3H,4H2,1H3,(H,7,8)/q-1. The van der Waals surface area contributed by atoms with Crippen LogP contribution in [-0.2, 0) is 6.54 Å². The summed E-state index contributed by atoms with van der Waals surface area (Å²) in [6, 6.07) is 1.91. The largest absolute Gasteiger partial charge is 0.660 e. The molecule has 3 heteroatoms. The lowest BCUT2D eigenvalue weighted by atomic mass is 10.4. The van der Waals surface area contributed by atoms with Crippen LogP contribution in [0.3, 0.4) is 0 Å². The lowest BCUT2D eigenvalue weighted by molar-refractivity contribution is 0.994. The third-order valence-electron chi connectivity index (χ3n) is 0.887. The quantitative estimate of drug-likeness (QED) is 0.604. The summed E-state index contributed by atoms with van der Waals surface area (Å²) in [5, 5.41) is 10.5. The molecule has 0 atom stereocenters. The highest BCUT2D eigenvalue weighted by atomic mass is 15.1. The lowest BCUT2D eigenvalue weighted by Gasteiger charge is -2.05. The Balaban J connectivity index is 2.50. The fourth-order valence-corrected chi connectivity index (χ4v) is 0.543. The Morgan fingerprint density at radius 2 is 2.75 bits per heavy atom. The van der Waals surface area contributed by atoms with Crippen molar-refractivity contribution in [1.82, 2.24) is 10.2 Å². The van der Waals surface area contributed by atoms with Gasteiger partial charge in [0.25, 0.3) is 0 Å². The fraction of sp³-hybridized carbons (Fsp3) is 0.400. The first-order chi connectivity index (χ1) is 3.93. The van der Waals surface area contributed by atoms with Crippen LogP contribution in [-0.4, -0.2) is 17.2 Å². The average molecular weight is 110 g/mol. The van der Waals surface area contributed by atoms with Gasteiger partial charge < -0.3 is 5.32 Å². The second-order valence-corrected chi connectivity index (χ2v) is 1.56. The Hall–Kier alpha value is -0.830. The van der Waals surface area contributed by atoms with Crippen LogP contribution in [0.25, 0.3) is 5.32 Å². The molecule has 0 saturated heterocycles. The van der Waals surface area contributed by atoms with Crippen LogP contribution in [0.5, 0.6) is 0 Å². The monoisotopic (exact) mass is 110 g/mol. The van der Waals surface area contributed by atoms with Crippen molar-refractivity contribution >= 4 is 0 Å². The first-order valence-corrected chi connectivity index (χ1v) is 2.47. The molecule has 1 rings (SSSR count). The van der Waals surface area contributed by atoms with E-state index in [2.05, 4.69) is 15.5 Å². The van der Waals surface area contributed by atoms with E-state index in [1.165, 1.54) is 0 Å². The van der Waals surface area contributed by atoms with E-state index < -0.39 is 0 Å². The van der Waals surface area contributed by atoms with Gasteiger partial charge in [-0.1, -0.05) is 0 Å². The zero-order chi connectivity index (χ0) is 5.82. The van der Waals surface area contributed by atoms with E-state index in [1.54, 1.807) is 13.2 Å². The zero-order valence-corrected chi connectivity index (χ0v) is 4.76. The van der Waals surface area contributed by atoms with Gasteiger partial charge in [-0.25, -0.2) is 0 Å². The Kier molecular flexibility index (Phi) is 1.64. The predicted molar refractivity (Wildman–Crippen MR) is 31.6 cm³/mol. The SMILES string of the molecule is C[N-]Cc1ccn[nH]1. The Morgan fingerprint density at radius 3 is 3.25 bits per heavy atom. The van der Waals surface area contributed by atoms with Crippen LogP contribution >= 0.6 is 0 Å². The molecule has 0 aliphatic rings. The number of aromatic nitrogens is 2. The average Bonchev–Trinajstić information content (AvgIpc) is 2.19. The maximum atomic E-state index is 3.91. The van der Waals surface area contributed by atoms with Gasteiger partial charge in [0, 0.05) is 11.9 Å². The minimum Gasteiger partial charge on any atom is -0.660 e. The number of hydrogen-bond acceptors (Lipinski definition) is 1. The van der Waals surface area contributed by atoms with Gasteiger partial charge in [0.2, 0.25) is 0 Å². The summed E-state index contributed by atoms with van der Waals surface area (Å²) in [6.07, 6.45) is 1.72. The van der Waals surface area contributed by atoms with Crippen LogP contribution in [0.2, 0.25) is 0 Å². The molecule has 0 aliphatic heterocycles. The molecule has 0 radical (unpaired) electrons. The van der Waals surface area contributed by atoms with Gasteiger partial charge >= 0.3 is 0 Å². The van der Waals surface area contributed by atoms with Crippen LogP contribution in [0.4, 0.5) is 0 Å². The molecular weight excluding hydrogens is 102 g/mol. The summed E-state index contributed by atoms with van der Waals surface area (Å²) in [5.41, 5.74) is 1.06. The van der Waals surface area contributed by atoms with E-state index in [9.17, 15) is 0 Å². The summed E-state index contributed by atoms with van der Waals surface area (Å²) in [7, 11) is 1.78. The fourth-order valence-electron chi connectivity index (χ4n) is 0.543. The first-order valence-electron chi connectivity index (χ1n) is 2.47. The van der Waals surface area contributed by atoms with Crippen molar-refractivity contribution < 1.29 is 0 Å². The molecule has 1 aromatic heterocycles. The second kappa shape index (κ2) is 2.47. The number of hydrogen-bond donors (Lipinski definition) is 1. The molecule has 1 N–H and O–H groups in total. The Morgan fingerprint density at radius 1 is 1.88 bits per heavy atom. The molecule has 0 amide bonds. The van der Waals surface area contributed by atoms with Crippen molar-refractivity contribution in [1.29, 1.82) is 0 Å². The molecule has 0 spiro atoms. The van der Waals surface area contributed by atoms with E-state index in [4.69, 9.17) is 0 Å². The number of nitrogens with zero attached hydrogens (tertiary/aromatic N) is 2. The van der Waals surface area contributed by atoms with Crippen molar-refractivity contribution in [3.05, 3.63) is 23.3 Å². The van der Waals surface area contributed by atoms with Gasteiger partial charge in [0.1, 0.15) is 0 Å². The van der Waals surface area contributed by atoms with Crippen molar-refractivity contribution in [3.8, 4) is 0 Å². The van der Waals surface area contributed by atoms with Crippen LogP contribution in [0, 0.1) is 0 Å². The van der Waals surface area contributed by atoms with E-state index in [1.807, 2.05) is 6.07 Å². The maximum Gasteiger partial charge on any atom is 0.0489 e. The minimum atomic E-state index is 0.736. The summed E-state index contributed by atoms with van der Waals surface area (Å²) >= 11 is 0. The number of H-pyrrole nitrogens is 1. The summed E-state index contributed by atoms with van der Waals surface area (Å²) in [4.78, 5) is 0. The van der Waals surface area contributed by atoms with Crippen LogP contribution in [0.15, 0.2) is 12.3 Å². The van der Waals surface area contributed by atoms with Gasteiger partial charge in [-0.15, -0.1) is 6.54 Å². The first kappa shape index (κ1) is 5.31. The third kappa shape index (κ3) is 1.07. The molecule has 0 unspecified atom stereocenters. The van der Waals surface area contributed by atoms with Gasteiger partial charge in [-0.05, 0) is 6.07 Å². The molecule has 1 aromatic rings. The molecule has 44 valence electrons. The van der Waals surface area contributed by atoms with Crippen molar-refractivity contribution in [3.63, 3.8) is 0 Å². The maximum absolute atomic E-state index is 3.91. The molecule has 0 aliphatic carbocycles. The Labute approximate surface area is 48.1 Å². The predicted octanol–water partition coefficient (Wildman–Crippen LogP) is 0.913. The number of rotatable bonds is 2. The van der Waals surface area contributed by atoms with E-state index >= 15 is 0 Å². The highest BCUT2D eigenvalue weighted by Crippen LogP contribution is 1.95. The summed E-state index contributed by atoms with van der Waals surface area (Å²) < 4.78 is 0. The van der Waals surface area contributed by atoms with Crippen LogP contribution < -0.4 is 0 Å². The van der Waals surface area contributed by atoms with Crippen molar-refractivity contribution in [2.45, 2.75) is 6.54 Å². The smallest absolute Gasteiger partial charge is 0.0489 e. The van der Waals surface area contributed by atoms with Crippen molar-refractivity contribution in [2.75, 3.05) is 7.05 Å².